The first-order valence-corrected chi connectivity index (χ1v) is 8.58. The average Bonchev–Trinajstić information content (AvgIpc) is 3.22. The van der Waals surface area contributed by atoms with Crippen LogP contribution >= 0.6 is 0 Å². The van der Waals surface area contributed by atoms with E-state index in [4.69, 9.17) is 0 Å². The molecule has 0 spiro atoms. The van der Waals surface area contributed by atoms with E-state index in [0.29, 0.717) is 37.8 Å². The molecule has 1 aromatic carbocycles. The number of pyridine rings is 1. The van der Waals surface area contributed by atoms with Gasteiger partial charge >= 0.3 is 5.97 Å². The van der Waals surface area contributed by atoms with Crippen molar-refractivity contribution in [1.82, 2.24) is 4.98 Å². The topological polar surface area (TPSA) is 79.3 Å². The Morgan fingerprint density at radius 1 is 0.960 bits per heavy atom. The van der Waals surface area contributed by atoms with Gasteiger partial charge < -0.3 is 10.4 Å². The van der Waals surface area contributed by atoms with Crippen molar-refractivity contribution in [3.05, 3.63) is 48.8 Å². The minimum Gasteiger partial charge on any atom is -0.481 e. The van der Waals surface area contributed by atoms with E-state index < -0.39 is 16.8 Å². The smallest absolute Gasteiger partial charge is 0.309 e. The Balaban J connectivity index is 1.54. The molecule has 0 atom stereocenters. The molecule has 0 aliphatic heterocycles. The molecule has 2 N–H and O–H groups in total. The van der Waals surface area contributed by atoms with Gasteiger partial charge in [-0.1, -0.05) is 30.3 Å². The Hall–Kier alpha value is -2.69. The lowest BCUT2D eigenvalue weighted by atomic mass is 9.81. The van der Waals surface area contributed by atoms with Gasteiger partial charge in [0.1, 0.15) is 0 Å². The Bertz CT molecular complexity index is 824. The van der Waals surface area contributed by atoms with Crippen LogP contribution in [0.25, 0.3) is 11.1 Å². The second kappa shape index (κ2) is 5.69. The largest absolute Gasteiger partial charge is 0.481 e. The molecule has 2 bridgehead atoms. The minimum atomic E-state index is -0.757. The number of carbonyl (C=O) groups excluding carboxylic acids is 1. The molecule has 1 heterocycles. The monoisotopic (exact) mass is 336 g/mol. The number of hydrogen-bond donors (Lipinski definition) is 2. The van der Waals surface area contributed by atoms with Crippen LogP contribution in [-0.2, 0) is 9.59 Å². The number of nitrogens with zero attached hydrogens (tertiary/aromatic N) is 1. The van der Waals surface area contributed by atoms with Gasteiger partial charge in [0.05, 0.1) is 22.7 Å². The summed E-state index contributed by atoms with van der Waals surface area (Å²) in [7, 11) is 0. The normalized spacial score (nSPS) is 27.2. The van der Waals surface area contributed by atoms with Crippen LogP contribution in [0.3, 0.4) is 0 Å². The van der Waals surface area contributed by atoms with E-state index in [1.54, 1.807) is 12.4 Å². The summed E-state index contributed by atoms with van der Waals surface area (Å²) in [5.41, 5.74) is 1.40. The summed E-state index contributed by atoms with van der Waals surface area (Å²) in [5.74, 6) is -0.826. The molecule has 0 radical (unpaired) electrons. The van der Waals surface area contributed by atoms with Gasteiger partial charge in [-0.2, -0.15) is 0 Å². The van der Waals surface area contributed by atoms with E-state index >= 15 is 0 Å². The van der Waals surface area contributed by atoms with Crippen LogP contribution in [0.5, 0.6) is 0 Å². The first kappa shape index (κ1) is 15.8. The number of aliphatic carboxylic acids is 1. The second-order valence-electron chi connectivity index (χ2n) is 7.33. The first-order valence-electron chi connectivity index (χ1n) is 8.58. The molecule has 0 unspecified atom stereocenters. The van der Waals surface area contributed by atoms with Gasteiger partial charge in [0.15, 0.2) is 0 Å². The number of carboxylic acid groups (broad SMARTS) is 1. The fourth-order valence-corrected chi connectivity index (χ4v) is 4.37. The fourth-order valence-electron chi connectivity index (χ4n) is 4.37. The summed E-state index contributed by atoms with van der Waals surface area (Å²) >= 11 is 0. The number of aromatic nitrogens is 1. The van der Waals surface area contributed by atoms with Crippen molar-refractivity contribution in [2.24, 2.45) is 10.8 Å². The lowest BCUT2D eigenvalue weighted by Crippen LogP contribution is -2.32. The molecule has 1 amide bonds. The van der Waals surface area contributed by atoms with Gasteiger partial charge in [0.2, 0.25) is 5.91 Å². The number of rotatable bonds is 4. The summed E-state index contributed by atoms with van der Waals surface area (Å²) in [6.07, 6.45) is 6.34. The number of nitrogens with one attached hydrogen (secondary N) is 1. The zero-order valence-electron chi connectivity index (χ0n) is 13.9. The highest BCUT2D eigenvalue weighted by Gasteiger charge is 2.61. The van der Waals surface area contributed by atoms with Gasteiger partial charge in [0.25, 0.3) is 0 Å². The number of benzene rings is 1. The Labute approximate surface area is 146 Å². The maximum atomic E-state index is 12.9. The van der Waals surface area contributed by atoms with Gasteiger partial charge in [-0.25, -0.2) is 0 Å². The van der Waals surface area contributed by atoms with E-state index in [2.05, 4.69) is 10.3 Å². The Morgan fingerprint density at radius 3 is 2.28 bits per heavy atom. The molecule has 0 saturated heterocycles. The third-order valence-electron chi connectivity index (χ3n) is 5.88. The van der Waals surface area contributed by atoms with E-state index in [1.807, 2.05) is 36.4 Å². The SMILES string of the molecule is O=C(O)C12CCC(C(=O)Nc3cncc(-c4ccccc4)c3)(CC1)C2. The molecule has 25 heavy (non-hydrogen) atoms. The number of amides is 1. The van der Waals surface area contributed by atoms with E-state index in [0.717, 1.165) is 11.1 Å². The highest BCUT2D eigenvalue weighted by atomic mass is 16.4. The molecule has 2 aliphatic carbocycles. The molecule has 2 aliphatic rings. The molecule has 128 valence electrons. The highest BCUT2D eigenvalue weighted by molar-refractivity contribution is 5.97. The van der Waals surface area contributed by atoms with Crippen LogP contribution in [0, 0.1) is 10.8 Å². The third-order valence-corrected chi connectivity index (χ3v) is 5.88. The Morgan fingerprint density at radius 2 is 1.64 bits per heavy atom. The number of carboxylic acids is 1. The van der Waals surface area contributed by atoms with Crippen molar-refractivity contribution < 1.29 is 14.7 Å². The van der Waals surface area contributed by atoms with E-state index in [9.17, 15) is 14.7 Å². The van der Waals surface area contributed by atoms with E-state index in [1.165, 1.54) is 0 Å². The zero-order valence-corrected chi connectivity index (χ0v) is 13.9. The molecule has 4 rings (SSSR count). The summed E-state index contributed by atoms with van der Waals surface area (Å²) in [6.45, 7) is 0. The van der Waals surface area contributed by atoms with Crippen LogP contribution in [0.2, 0.25) is 0 Å². The lowest BCUT2D eigenvalue weighted by Gasteiger charge is -2.25. The molecule has 2 fully saturated rings. The van der Waals surface area contributed by atoms with Crippen LogP contribution in [0.1, 0.15) is 32.1 Å². The number of carbonyl (C=O) groups is 2. The maximum absolute atomic E-state index is 12.9. The van der Waals surface area contributed by atoms with Crippen molar-refractivity contribution in [3.63, 3.8) is 0 Å². The summed E-state index contributed by atoms with van der Waals surface area (Å²) in [6, 6.07) is 11.8. The predicted octanol–water partition coefficient (Wildman–Crippen LogP) is 3.72. The number of hydrogen-bond acceptors (Lipinski definition) is 3. The predicted molar refractivity (Wildman–Crippen MR) is 93.9 cm³/mol. The van der Waals surface area contributed by atoms with Crippen molar-refractivity contribution >= 4 is 17.6 Å². The summed E-state index contributed by atoms with van der Waals surface area (Å²) < 4.78 is 0. The van der Waals surface area contributed by atoms with Crippen LogP contribution < -0.4 is 5.32 Å². The van der Waals surface area contributed by atoms with Gasteiger partial charge in [-0.3, -0.25) is 14.6 Å². The Kier molecular flexibility index (Phi) is 3.60. The maximum Gasteiger partial charge on any atom is 0.309 e. The lowest BCUT2D eigenvalue weighted by molar-refractivity contribution is -0.148. The first-order chi connectivity index (χ1) is 12.0. The van der Waals surface area contributed by atoms with Crippen LogP contribution in [0.15, 0.2) is 48.8 Å². The second-order valence-corrected chi connectivity index (χ2v) is 7.33. The zero-order chi connectivity index (χ0) is 17.5. The standard InChI is InChI=1S/C20H20N2O3/c23-17(19-6-8-20(13-19,9-7-19)18(24)25)22-16-10-15(11-21-12-16)14-4-2-1-3-5-14/h1-5,10-12H,6-9,13H2,(H,22,23)(H,24,25). The average molecular weight is 336 g/mol. The molecular weight excluding hydrogens is 316 g/mol. The van der Waals surface area contributed by atoms with Gasteiger partial charge in [-0.15, -0.1) is 0 Å². The molecule has 1 aromatic heterocycles. The van der Waals surface area contributed by atoms with Crippen LogP contribution in [0.4, 0.5) is 5.69 Å². The van der Waals surface area contributed by atoms with Gasteiger partial charge in [0, 0.05) is 11.8 Å². The van der Waals surface area contributed by atoms with Gasteiger partial charge in [-0.05, 0) is 43.7 Å². The fraction of sp³-hybridized carbons (Fsp3) is 0.350. The van der Waals surface area contributed by atoms with Crippen molar-refractivity contribution in [2.75, 3.05) is 5.32 Å². The molecule has 2 saturated carbocycles. The number of anilines is 1. The van der Waals surface area contributed by atoms with E-state index in [-0.39, 0.29) is 5.91 Å². The summed E-state index contributed by atoms with van der Waals surface area (Å²) in [5, 5.41) is 12.5. The molecular formula is C20H20N2O3. The summed E-state index contributed by atoms with van der Waals surface area (Å²) in [4.78, 5) is 28.7. The number of fused-ring (bicyclic) bond motifs is 2. The molecule has 2 aromatic rings. The third kappa shape index (κ3) is 2.60. The minimum absolute atomic E-state index is 0.0693. The van der Waals surface area contributed by atoms with Crippen molar-refractivity contribution in [1.29, 1.82) is 0 Å². The molecule has 5 heteroatoms. The highest BCUT2D eigenvalue weighted by Crippen LogP contribution is 2.62. The quantitative estimate of drug-likeness (QED) is 0.892. The van der Waals surface area contributed by atoms with Crippen LogP contribution in [-0.4, -0.2) is 22.0 Å². The molecule has 5 nitrogen and oxygen atoms in total. The van der Waals surface area contributed by atoms with Crippen molar-refractivity contribution in [3.8, 4) is 11.1 Å². The van der Waals surface area contributed by atoms with Crippen molar-refractivity contribution in [2.45, 2.75) is 32.1 Å².